The average molecular weight is 1860 g/mol. The zero-order valence-corrected chi connectivity index (χ0v) is 77.4. The molecule has 11 atom stereocenters. The number of thioether (sulfide) groups is 1. The molecule has 11 N–H and O–H groups in total. The van der Waals surface area contributed by atoms with Crippen LogP contribution in [-0.4, -0.2) is 255 Å². The average Bonchev–Trinajstić information content (AvgIpc) is 1.60. The van der Waals surface area contributed by atoms with Crippen LogP contribution in [0.25, 0.3) is 10.9 Å². The largest absolute Gasteiger partial charge is 0.508 e. The van der Waals surface area contributed by atoms with Crippen LogP contribution in [0.4, 0.5) is 0 Å². The first-order valence-corrected chi connectivity index (χ1v) is 45.7. The van der Waals surface area contributed by atoms with Crippen molar-refractivity contribution in [1.82, 2.24) is 61.4 Å². The summed E-state index contributed by atoms with van der Waals surface area (Å²) in [6.07, 6.45) is -0.954. The Labute approximate surface area is 782 Å². The molecular weight excluding hydrogens is 1740 g/mol. The number of carbonyl (C=O) groups is 16. The lowest BCUT2D eigenvalue weighted by Gasteiger charge is -2.37. The van der Waals surface area contributed by atoms with Crippen molar-refractivity contribution in [2.45, 2.75) is 165 Å². The van der Waals surface area contributed by atoms with Gasteiger partial charge in [-0.25, -0.2) is 0 Å². The number of hydrogen-bond acceptors (Lipinski definition) is 20. The number of rotatable bonds is 25. The summed E-state index contributed by atoms with van der Waals surface area (Å²) in [4.78, 5) is 245. The Morgan fingerprint density at radius 3 is 1.49 bits per heavy atom. The lowest BCUT2D eigenvalue weighted by molar-refractivity contribution is -0.151. The molecule has 0 bridgehead atoms. The zero-order chi connectivity index (χ0) is 96.5. The normalized spacial score (nSPS) is 21.7. The first-order valence-electron chi connectivity index (χ1n) is 44.1. The van der Waals surface area contributed by atoms with Crippen LogP contribution in [0.1, 0.15) is 105 Å². The molecule has 0 spiro atoms. The minimum absolute atomic E-state index is 0.0777. The van der Waals surface area contributed by atoms with Crippen LogP contribution in [0.15, 0.2) is 194 Å². The molecule has 706 valence electrons. The van der Waals surface area contributed by atoms with Crippen molar-refractivity contribution in [3.63, 3.8) is 0 Å². The van der Waals surface area contributed by atoms with Crippen molar-refractivity contribution < 1.29 is 91.7 Å². The summed E-state index contributed by atoms with van der Waals surface area (Å²) in [5, 5.41) is 38.6. The number of halogens is 1. The maximum atomic E-state index is 15.6. The molecule has 9 rings (SSSR count). The molecule has 32 nitrogen and oxygen atoms in total. The van der Waals surface area contributed by atoms with Gasteiger partial charge in [-0.2, -0.15) is 0 Å². The molecule has 1 saturated heterocycles. The standard InChI is InChI=1S/C99H118ClN13O19S/c1-9-10-30-83-98(130)109(4)55-73(117)51-69(57-132-60-114)87(119)53-75(61(2)3)95(127)112(7)84(49-63-24-16-12-17-25-63)94(126)107-80(48-67-35-41-72(116)42-36-67)96(128)110(5)56-89(121)103-79(52-68-54-102-76-29-21-20-28-74(68)76)93(125)106-77(46-66-33-39-71(115)40-34-66)91(123)105-78(45-65-31-37-70(100)38-32-65)92(124)108-82(86(118)43-44-88(101)120)58-133-59-90(122)104-81(47-62-22-14-11-15-23-62)97(129)113(8)85(99(131)111(83)6)50-64-26-18-13-19-27-64/h11-29,31-42,54,60-61,69,75,77-85,102,115-116H,9-10,30,43-53,55-59H2,1-8H3,(H2,101,120)(H,103,121)(H,104,122)(H,105,123)(H,106,125)(H,107,126)(H,108,124)/t69-,75-,77-,78-,79-,80-,81-,82-,83-,84-,85-/m0/s1. The Morgan fingerprint density at radius 2 is 0.947 bits per heavy atom. The molecule has 34 heteroatoms. The third-order valence-corrected chi connectivity index (χ3v) is 24.9. The van der Waals surface area contributed by atoms with Crippen molar-refractivity contribution in [3.8, 4) is 11.5 Å². The fraction of sp³-hybridized carbons (Fsp3) is 0.394. The lowest BCUT2D eigenvalue weighted by Crippen LogP contribution is -2.59. The van der Waals surface area contributed by atoms with Crippen molar-refractivity contribution in [2.24, 2.45) is 23.5 Å². The van der Waals surface area contributed by atoms with Gasteiger partial charge in [0.2, 0.25) is 70.9 Å². The second-order valence-electron chi connectivity index (χ2n) is 34.0. The maximum Gasteiger partial charge on any atom is 0.293 e. The van der Waals surface area contributed by atoms with E-state index in [1.807, 2.05) is 6.92 Å². The first-order chi connectivity index (χ1) is 63.6. The van der Waals surface area contributed by atoms with Crippen LogP contribution in [0.3, 0.4) is 0 Å². The number of phenols is 2. The van der Waals surface area contributed by atoms with Gasteiger partial charge in [0, 0.05) is 140 Å². The smallest absolute Gasteiger partial charge is 0.293 e. The second kappa shape index (κ2) is 50.7. The third kappa shape index (κ3) is 31.0. The first kappa shape index (κ1) is 103. The van der Waals surface area contributed by atoms with Gasteiger partial charge in [0.05, 0.1) is 30.8 Å². The summed E-state index contributed by atoms with van der Waals surface area (Å²) in [6, 6.07) is 37.5. The van der Waals surface area contributed by atoms with Gasteiger partial charge >= 0.3 is 0 Å². The number of benzene rings is 7. The van der Waals surface area contributed by atoms with Gasteiger partial charge in [-0.3, -0.25) is 76.7 Å². The number of Topliss-reactive ketones (excluding diaryl/α,β-unsaturated/α-hetero) is 3. The quantitative estimate of drug-likeness (QED) is 0.0281. The van der Waals surface area contributed by atoms with Gasteiger partial charge < -0.3 is 82.1 Å². The van der Waals surface area contributed by atoms with Crippen LogP contribution in [0, 0.1) is 17.8 Å². The fourth-order valence-corrected chi connectivity index (χ4v) is 16.9. The van der Waals surface area contributed by atoms with Crippen LogP contribution < -0.4 is 37.6 Å². The molecule has 0 unspecified atom stereocenters. The number of aromatic hydroxyl groups is 2. The number of carbonyl (C=O) groups excluding carboxylic acids is 16. The summed E-state index contributed by atoms with van der Waals surface area (Å²) in [7, 11) is 6.79. The number of amides is 12. The Kier molecular flexibility index (Phi) is 39.4. The minimum Gasteiger partial charge on any atom is -0.508 e. The monoisotopic (exact) mass is 1860 g/mol. The minimum atomic E-state index is -1.64. The van der Waals surface area contributed by atoms with E-state index in [-0.39, 0.29) is 75.1 Å². The number of nitrogens with one attached hydrogen (secondary N) is 7. The number of aromatic amines is 1. The van der Waals surface area contributed by atoms with E-state index in [0.717, 1.165) is 26.5 Å². The molecule has 0 saturated carbocycles. The van der Waals surface area contributed by atoms with E-state index < -0.39 is 211 Å². The molecule has 1 aromatic heterocycles. The second-order valence-corrected chi connectivity index (χ2v) is 35.4. The van der Waals surface area contributed by atoms with Gasteiger partial charge in [0.15, 0.2) is 11.6 Å². The van der Waals surface area contributed by atoms with Crippen LogP contribution in [0.5, 0.6) is 11.5 Å². The molecule has 1 aliphatic heterocycles. The summed E-state index contributed by atoms with van der Waals surface area (Å²) < 4.78 is 5.16. The van der Waals surface area contributed by atoms with Crippen LogP contribution >= 0.6 is 23.4 Å². The number of H-pyrrole nitrogens is 1. The molecule has 12 amide bonds. The van der Waals surface area contributed by atoms with Crippen LogP contribution in [-0.2, 0) is 126 Å². The summed E-state index contributed by atoms with van der Waals surface area (Å²) >= 11 is 7.23. The number of ketones is 3. The Bertz CT molecular complexity index is 5360. The van der Waals surface area contributed by atoms with E-state index in [9.17, 15) is 43.8 Å². The lowest BCUT2D eigenvalue weighted by atomic mass is 9.84. The number of primary amides is 1. The van der Waals surface area contributed by atoms with Crippen molar-refractivity contribution in [3.05, 3.63) is 238 Å². The molecule has 8 aromatic rings. The van der Waals surface area contributed by atoms with E-state index in [2.05, 4.69) is 36.9 Å². The number of nitrogens with two attached hydrogens (primary N) is 1. The predicted octanol–water partition coefficient (Wildman–Crippen LogP) is 6.29. The van der Waals surface area contributed by atoms with Crippen molar-refractivity contribution in [2.75, 3.05) is 66.4 Å². The molecule has 1 fully saturated rings. The highest BCUT2D eigenvalue weighted by molar-refractivity contribution is 8.00. The van der Waals surface area contributed by atoms with Gasteiger partial charge in [-0.1, -0.05) is 191 Å². The highest BCUT2D eigenvalue weighted by Gasteiger charge is 2.42. The Balaban J connectivity index is 1.13. The van der Waals surface area contributed by atoms with E-state index in [4.69, 9.17) is 22.1 Å². The molecular formula is C99H118ClN13O19S. The predicted molar refractivity (Wildman–Crippen MR) is 501 cm³/mol. The highest BCUT2D eigenvalue weighted by Crippen LogP contribution is 2.28. The molecule has 1 aliphatic rings. The SMILES string of the molecule is CCCC[C@H]1C(=O)N(C)CC(=O)C[C@@H](COC=O)C(=O)C[C@@H](C(C)C)C(=O)N(C)[C@@H](Cc2ccccc2)C(=O)N[C@@H](Cc2ccc(O)cc2)C(=O)N(C)CC(=O)N[C@@H](Cc2c[nH]c3ccccc23)C(=O)N[C@@H](Cc2ccc(O)cc2)C(=O)N[C@@H](Cc2ccc(Cl)cc2)C(=O)N[C@H](C(=O)CCC(N)=O)CSCC(=O)N[C@@H](Cc2ccccc2)C(=O)N(C)[C@@H](Cc2ccccc2)C(=O)N1C. The van der Waals surface area contributed by atoms with Crippen molar-refractivity contribution >= 4 is 129 Å². The van der Waals surface area contributed by atoms with Gasteiger partial charge in [0.1, 0.15) is 72.2 Å². The number of ether oxygens (including phenoxy) is 1. The molecule has 133 heavy (non-hydrogen) atoms. The number of nitrogens with zero attached hydrogens (tertiary/aromatic N) is 5. The number of fused-ring (bicyclic) bond motifs is 1. The third-order valence-electron chi connectivity index (χ3n) is 23.6. The summed E-state index contributed by atoms with van der Waals surface area (Å²) in [6.45, 7) is 3.30. The van der Waals surface area contributed by atoms with E-state index in [1.165, 1.54) is 93.6 Å². The van der Waals surface area contributed by atoms with Gasteiger partial charge in [-0.15, -0.1) is 11.8 Å². The number of aromatic nitrogens is 1. The summed E-state index contributed by atoms with van der Waals surface area (Å²) in [5.74, 6) is -16.4. The Hall–Kier alpha value is -13.6. The number of unbranched alkanes of at least 4 members (excludes halogenated alkanes) is 1. The molecule has 0 aliphatic carbocycles. The van der Waals surface area contributed by atoms with Gasteiger partial charge in [-0.05, 0) is 93.7 Å². The molecule has 7 aromatic carbocycles. The Morgan fingerprint density at radius 1 is 0.489 bits per heavy atom. The topological polar surface area (TPSA) is 453 Å². The van der Waals surface area contributed by atoms with Crippen LogP contribution in [0.2, 0.25) is 5.02 Å². The fourth-order valence-electron chi connectivity index (χ4n) is 15.9. The molecule has 2 heterocycles. The zero-order valence-electron chi connectivity index (χ0n) is 75.9. The highest BCUT2D eigenvalue weighted by atomic mass is 35.5. The maximum absolute atomic E-state index is 15.6. The van der Waals surface area contributed by atoms with Gasteiger partial charge in [0.25, 0.3) is 6.47 Å². The number of para-hydroxylation sites is 1. The molecule has 0 radical (unpaired) electrons. The summed E-state index contributed by atoms with van der Waals surface area (Å²) in [5.41, 5.74) is 9.74. The van der Waals surface area contributed by atoms with Crippen molar-refractivity contribution in [1.29, 1.82) is 0 Å². The number of hydrogen-bond donors (Lipinski definition) is 10. The number of phenolic OH excluding ortho intramolecular Hbond substituents is 2. The van der Waals surface area contributed by atoms with E-state index in [1.54, 1.807) is 160 Å². The van der Waals surface area contributed by atoms with E-state index >= 15 is 43.2 Å². The van der Waals surface area contributed by atoms with E-state index in [0.29, 0.717) is 67.7 Å². The number of likely N-dealkylation sites (N-methyl/N-ethyl adjacent to an activating group) is 5.